The number of aromatic nitrogens is 4. The number of carbonyl (C=O) groups is 1. The summed E-state index contributed by atoms with van der Waals surface area (Å²) in [6, 6.07) is 15.5. The highest BCUT2D eigenvalue weighted by Crippen LogP contribution is 2.18. The van der Waals surface area contributed by atoms with E-state index in [0.717, 1.165) is 44.1 Å². The molecule has 1 aliphatic rings. The third-order valence-corrected chi connectivity index (χ3v) is 5.07. The Morgan fingerprint density at radius 2 is 1.83 bits per heavy atom. The van der Waals surface area contributed by atoms with E-state index < -0.39 is 0 Å². The summed E-state index contributed by atoms with van der Waals surface area (Å²) in [7, 11) is 0. The molecule has 1 amide bonds. The largest absolute Gasteiger partial charge is 0.379 e. The van der Waals surface area contributed by atoms with Gasteiger partial charge in [0.2, 0.25) is 0 Å². The molecule has 1 aliphatic heterocycles. The van der Waals surface area contributed by atoms with Gasteiger partial charge in [-0.1, -0.05) is 29.8 Å². The second-order valence-electron chi connectivity index (χ2n) is 7.15. The van der Waals surface area contributed by atoms with Crippen LogP contribution >= 0.6 is 0 Å². The number of ether oxygens (including phenoxy) is 1. The lowest BCUT2D eigenvalue weighted by Crippen LogP contribution is -2.43. The quantitative estimate of drug-likeness (QED) is 0.688. The average Bonchev–Trinajstić information content (AvgIpc) is 3.30. The first-order valence-electron chi connectivity index (χ1n) is 9.70. The van der Waals surface area contributed by atoms with Gasteiger partial charge in [0.05, 0.1) is 24.9 Å². The summed E-state index contributed by atoms with van der Waals surface area (Å²) in [5.74, 6) is -0.105. The van der Waals surface area contributed by atoms with Crippen molar-refractivity contribution in [2.75, 3.05) is 32.8 Å². The lowest BCUT2D eigenvalue weighted by atomic mass is 10.0. The van der Waals surface area contributed by atoms with Crippen LogP contribution < -0.4 is 5.32 Å². The standard InChI is InChI=1S/C21H24N6O2/c1-16-2-4-17(5-3-16)20(14-26-10-12-29-13-11-26)23-21(28)18-6-8-19(9-7-18)27-15-22-24-25-27/h2-9,15,20H,10-14H2,1H3,(H,23,28). The molecular weight excluding hydrogens is 368 g/mol. The molecule has 3 aromatic rings. The van der Waals surface area contributed by atoms with Crippen LogP contribution in [0.1, 0.15) is 27.5 Å². The summed E-state index contributed by atoms with van der Waals surface area (Å²) >= 11 is 0. The Labute approximate surface area is 169 Å². The van der Waals surface area contributed by atoms with Crippen LogP contribution in [-0.4, -0.2) is 63.9 Å². The number of amides is 1. The molecule has 1 N–H and O–H groups in total. The molecule has 1 saturated heterocycles. The monoisotopic (exact) mass is 392 g/mol. The number of morpholine rings is 1. The van der Waals surface area contributed by atoms with Crippen LogP contribution in [0.5, 0.6) is 0 Å². The predicted molar refractivity (Wildman–Crippen MR) is 108 cm³/mol. The highest BCUT2D eigenvalue weighted by molar-refractivity contribution is 5.94. The number of rotatable bonds is 6. The Balaban J connectivity index is 1.49. The molecule has 1 unspecified atom stereocenters. The van der Waals surface area contributed by atoms with E-state index in [9.17, 15) is 4.79 Å². The summed E-state index contributed by atoms with van der Waals surface area (Å²) in [5, 5.41) is 14.3. The number of carbonyl (C=O) groups excluding carboxylic acids is 1. The molecule has 4 rings (SSSR count). The average molecular weight is 392 g/mol. The summed E-state index contributed by atoms with van der Waals surface area (Å²) in [5.41, 5.74) is 3.69. The van der Waals surface area contributed by atoms with Gasteiger partial charge >= 0.3 is 0 Å². The van der Waals surface area contributed by atoms with Gasteiger partial charge in [-0.25, -0.2) is 4.68 Å². The predicted octanol–water partition coefficient (Wildman–Crippen LogP) is 1.77. The number of nitrogens with zero attached hydrogens (tertiary/aromatic N) is 5. The summed E-state index contributed by atoms with van der Waals surface area (Å²) in [4.78, 5) is 15.3. The van der Waals surface area contributed by atoms with Crippen LogP contribution in [0.4, 0.5) is 0 Å². The third-order valence-electron chi connectivity index (χ3n) is 5.07. The molecule has 0 aliphatic carbocycles. The van der Waals surface area contributed by atoms with E-state index in [4.69, 9.17) is 4.74 Å². The van der Waals surface area contributed by atoms with Crippen molar-refractivity contribution >= 4 is 5.91 Å². The fourth-order valence-electron chi connectivity index (χ4n) is 3.36. The minimum absolute atomic E-state index is 0.0969. The summed E-state index contributed by atoms with van der Waals surface area (Å²) in [6.07, 6.45) is 1.52. The molecule has 0 radical (unpaired) electrons. The molecule has 0 saturated carbocycles. The van der Waals surface area contributed by atoms with Crippen molar-refractivity contribution in [3.63, 3.8) is 0 Å². The molecule has 29 heavy (non-hydrogen) atoms. The molecule has 0 spiro atoms. The smallest absolute Gasteiger partial charge is 0.251 e. The van der Waals surface area contributed by atoms with Gasteiger partial charge in [0.15, 0.2) is 0 Å². The van der Waals surface area contributed by atoms with Crippen molar-refractivity contribution in [3.05, 3.63) is 71.5 Å². The normalized spacial score (nSPS) is 15.8. The zero-order valence-electron chi connectivity index (χ0n) is 16.4. The lowest BCUT2D eigenvalue weighted by molar-refractivity contribution is 0.0332. The molecular formula is C21H24N6O2. The van der Waals surface area contributed by atoms with E-state index in [1.165, 1.54) is 11.9 Å². The highest BCUT2D eigenvalue weighted by atomic mass is 16.5. The molecule has 2 heterocycles. The Kier molecular flexibility index (Phi) is 5.92. The van der Waals surface area contributed by atoms with Gasteiger partial charge in [-0.3, -0.25) is 9.69 Å². The van der Waals surface area contributed by atoms with Crippen molar-refractivity contribution < 1.29 is 9.53 Å². The van der Waals surface area contributed by atoms with E-state index in [1.54, 1.807) is 16.8 Å². The van der Waals surface area contributed by atoms with Crippen molar-refractivity contribution in [1.29, 1.82) is 0 Å². The molecule has 0 bridgehead atoms. The van der Waals surface area contributed by atoms with Crippen LogP contribution in [0.3, 0.4) is 0 Å². The van der Waals surface area contributed by atoms with Crippen LogP contribution in [0, 0.1) is 6.92 Å². The van der Waals surface area contributed by atoms with E-state index in [2.05, 4.69) is 56.9 Å². The summed E-state index contributed by atoms with van der Waals surface area (Å²) in [6.45, 7) is 6.02. The third kappa shape index (κ3) is 4.85. The zero-order chi connectivity index (χ0) is 20.1. The van der Waals surface area contributed by atoms with Crippen LogP contribution in [0.2, 0.25) is 0 Å². The number of hydrogen-bond donors (Lipinski definition) is 1. The second kappa shape index (κ2) is 8.93. The fourth-order valence-corrected chi connectivity index (χ4v) is 3.36. The minimum Gasteiger partial charge on any atom is -0.379 e. The Morgan fingerprint density at radius 1 is 1.10 bits per heavy atom. The SMILES string of the molecule is Cc1ccc(C(CN2CCOCC2)NC(=O)c2ccc(-n3cnnn3)cc2)cc1. The first-order valence-corrected chi connectivity index (χ1v) is 9.70. The number of nitrogens with one attached hydrogen (secondary N) is 1. The van der Waals surface area contributed by atoms with Gasteiger partial charge in [0, 0.05) is 25.2 Å². The van der Waals surface area contributed by atoms with Gasteiger partial charge in [0.1, 0.15) is 6.33 Å². The van der Waals surface area contributed by atoms with Gasteiger partial charge in [0.25, 0.3) is 5.91 Å². The maximum absolute atomic E-state index is 12.9. The van der Waals surface area contributed by atoms with Gasteiger partial charge in [-0.2, -0.15) is 0 Å². The van der Waals surface area contributed by atoms with Gasteiger partial charge in [-0.15, -0.1) is 5.10 Å². The maximum atomic E-state index is 12.9. The molecule has 1 atom stereocenters. The number of hydrogen-bond acceptors (Lipinski definition) is 6. The van der Waals surface area contributed by atoms with Crippen molar-refractivity contribution in [1.82, 2.24) is 30.4 Å². The Hall–Kier alpha value is -3.10. The van der Waals surface area contributed by atoms with Crippen molar-refractivity contribution in [3.8, 4) is 5.69 Å². The summed E-state index contributed by atoms with van der Waals surface area (Å²) < 4.78 is 7.00. The van der Waals surface area contributed by atoms with Crippen molar-refractivity contribution in [2.45, 2.75) is 13.0 Å². The van der Waals surface area contributed by atoms with Crippen LogP contribution in [0.15, 0.2) is 54.9 Å². The van der Waals surface area contributed by atoms with E-state index in [1.807, 2.05) is 12.1 Å². The number of tetrazole rings is 1. The van der Waals surface area contributed by atoms with E-state index >= 15 is 0 Å². The van der Waals surface area contributed by atoms with Crippen LogP contribution in [0.25, 0.3) is 5.69 Å². The fraction of sp³-hybridized carbons (Fsp3) is 0.333. The van der Waals surface area contributed by atoms with Gasteiger partial charge < -0.3 is 10.1 Å². The first-order chi connectivity index (χ1) is 14.2. The Bertz CT molecular complexity index is 919. The highest BCUT2D eigenvalue weighted by Gasteiger charge is 2.21. The Morgan fingerprint density at radius 3 is 2.48 bits per heavy atom. The second-order valence-corrected chi connectivity index (χ2v) is 7.15. The molecule has 8 nitrogen and oxygen atoms in total. The van der Waals surface area contributed by atoms with Gasteiger partial charge in [-0.05, 0) is 47.2 Å². The first kappa shape index (κ1) is 19.2. The number of benzene rings is 2. The zero-order valence-corrected chi connectivity index (χ0v) is 16.4. The molecule has 8 heteroatoms. The molecule has 150 valence electrons. The maximum Gasteiger partial charge on any atom is 0.251 e. The van der Waals surface area contributed by atoms with Crippen LogP contribution in [-0.2, 0) is 4.74 Å². The lowest BCUT2D eigenvalue weighted by Gasteiger charge is -2.31. The molecule has 1 fully saturated rings. The molecule has 2 aromatic carbocycles. The topological polar surface area (TPSA) is 85.2 Å². The number of aryl methyl sites for hydroxylation is 1. The molecule has 1 aromatic heterocycles. The minimum atomic E-state index is -0.105. The van der Waals surface area contributed by atoms with Crippen molar-refractivity contribution in [2.24, 2.45) is 0 Å². The van der Waals surface area contributed by atoms with E-state index in [0.29, 0.717) is 5.56 Å². The van der Waals surface area contributed by atoms with E-state index in [-0.39, 0.29) is 11.9 Å².